The molecule has 0 radical (unpaired) electrons. The second-order valence-electron chi connectivity index (χ2n) is 4.99. The summed E-state index contributed by atoms with van der Waals surface area (Å²) in [6, 6.07) is 4.73. The fourth-order valence-electron chi connectivity index (χ4n) is 2.14. The van der Waals surface area contributed by atoms with E-state index >= 15 is 0 Å². The Morgan fingerprint density at radius 3 is 2.79 bits per heavy atom. The molecule has 0 saturated carbocycles. The highest BCUT2D eigenvalue weighted by molar-refractivity contribution is 5.48. The molecule has 1 aliphatic rings. The molecule has 1 saturated heterocycles. The molecule has 0 atom stereocenters. The molecular formula is C13H18N2O4. The predicted molar refractivity (Wildman–Crippen MR) is 70.4 cm³/mol. The number of hydrogen-bond acceptors (Lipinski definition) is 5. The third-order valence-corrected chi connectivity index (χ3v) is 3.34. The number of nitro benzene ring substituents is 1. The van der Waals surface area contributed by atoms with Gasteiger partial charge in [0.1, 0.15) is 12.2 Å². The molecule has 2 rings (SSSR count). The number of benzene rings is 1. The van der Waals surface area contributed by atoms with Gasteiger partial charge in [-0.2, -0.15) is 0 Å². The largest absolute Gasteiger partial charge is 0.484 e. The third kappa shape index (κ3) is 3.42. The van der Waals surface area contributed by atoms with Gasteiger partial charge >= 0.3 is 5.69 Å². The lowest BCUT2D eigenvalue weighted by Gasteiger charge is -2.32. The normalized spacial score (nSPS) is 18.0. The van der Waals surface area contributed by atoms with Gasteiger partial charge < -0.3 is 15.2 Å². The second-order valence-corrected chi connectivity index (χ2v) is 4.99. The molecule has 6 nitrogen and oxygen atoms in total. The molecule has 2 N–H and O–H groups in total. The lowest BCUT2D eigenvalue weighted by Crippen LogP contribution is -2.46. The average molecular weight is 266 g/mol. The number of nitrogens with one attached hydrogen (secondary N) is 1. The summed E-state index contributed by atoms with van der Waals surface area (Å²) in [6.45, 7) is 3.39. The molecule has 0 spiro atoms. The first-order valence-corrected chi connectivity index (χ1v) is 6.31. The van der Waals surface area contributed by atoms with Crippen LogP contribution in [0.15, 0.2) is 18.2 Å². The summed E-state index contributed by atoms with van der Waals surface area (Å²) in [5.41, 5.74) is -0.0795. The summed E-state index contributed by atoms with van der Waals surface area (Å²) in [5.74, 6) is 0.219. The molecule has 0 aliphatic carbocycles. The third-order valence-electron chi connectivity index (χ3n) is 3.34. The Morgan fingerprint density at radius 1 is 1.47 bits per heavy atom. The molecule has 0 amide bonds. The summed E-state index contributed by atoms with van der Waals surface area (Å²) in [7, 11) is 0. The number of hydrogen-bond donors (Lipinski definition) is 2. The Bertz CT molecular complexity index is 470. The molecule has 0 unspecified atom stereocenters. The van der Waals surface area contributed by atoms with Gasteiger partial charge in [-0.15, -0.1) is 0 Å². The van der Waals surface area contributed by atoms with Crippen LogP contribution in [-0.2, 0) is 0 Å². The van der Waals surface area contributed by atoms with Crippen molar-refractivity contribution in [1.29, 1.82) is 0 Å². The maximum Gasteiger partial charge on any atom is 0.310 e. The van der Waals surface area contributed by atoms with Gasteiger partial charge in [0, 0.05) is 6.07 Å². The number of piperidine rings is 1. The maximum absolute atomic E-state index is 10.9. The van der Waals surface area contributed by atoms with Gasteiger partial charge in [-0.05, 0) is 44.5 Å². The van der Waals surface area contributed by atoms with E-state index in [0.717, 1.165) is 18.7 Å². The highest BCUT2D eigenvalue weighted by atomic mass is 16.6. The van der Waals surface area contributed by atoms with E-state index < -0.39 is 10.5 Å². The van der Waals surface area contributed by atoms with Gasteiger partial charge in [-0.1, -0.05) is 6.07 Å². The van der Waals surface area contributed by atoms with Crippen molar-refractivity contribution in [3.8, 4) is 5.75 Å². The number of nitro groups is 1. The predicted octanol–water partition coefficient (Wildman–Crippen LogP) is 1.40. The minimum absolute atomic E-state index is 0.0665. The molecule has 1 aromatic rings. The van der Waals surface area contributed by atoms with E-state index in [9.17, 15) is 15.2 Å². The zero-order valence-electron chi connectivity index (χ0n) is 10.9. The van der Waals surface area contributed by atoms with Gasteiger partial charge in [-0.3, -0.25) is 10.1 Å². The SMILES string of the molecule is Cc1ccc([N+](=O)[O-])c(OCC2(O)CCNCC2)c1. The molecule has 0 aromatic heterocycles. The van der Waals surface area contributed by atoms with Crippen LogP contribution in [0.5, 0.6) is 5.75 Å². The topological polar surface area (TPSA) is 84.6 Å². The van der Waals surface area contributed by atoms with Crippen molar-refractivity contribution in [3.63, 3.8) is 0 Å². The lowest BCUT2D eigenvalue weighted by molar-refractivity contribution is -0.386. The van der Waals surface area contributed by atoms with Crippen LogP contribution in [0.3, 0.4) is 0 Å². The van der Waals surface area contributed by atoms with Crippen molar-refractivity contribution >= 4 is 5.69 Å². The van der Waals surface area contributed by atoms with Crippen LogP contribution in [0, 0.1) is 17.0 Å². The summed E-state index contributed by atoms with van der Waals surface area (Å²) < 4.78 is 5.50. The van der Waals surface area contributed by atoms with Gasteiger partial charge in [0.25, 0.3) is 0 Å². The van der Waals surface area contributed by atoms with Gasteiger partial charge in [-0.25, -0.2) is 0 Å². The van der Waals surface area contributed by atoms with Crippen LogP contribution in [0.2, 0.25) is 0 Å². The average Bonchev–Trinajstić information content (AvgIpc) is 2.37. The van der Waals surface area contributed by atoms with Crippen LogP contribution in [0.4, 0.5) is 5.69 Å². The molecule has 1 aromatic carbocycles. The zero-order chi connectivity index (χ0) is 13.9. The van der Waals surface area contributed by atoms with E-state index in [2.05, 4.69) is 5.32 Å². The second kappa shape index (κ2) is 5.54. The Balaban J connectivity index is 2.10. The van der Waals surface area contributed by atoms with Crippen molar-refractivity contribution in [1.82, 2.24) is 5.32 Å². The molecule has 6 heteroatoms. The number of ether oxygens (including phenoxy) is 1. The fourth-order valence-corrected chi connectivity index (χ4v) is 2.14. The molecule has 19 heavy (non-hydrogen) atoms. The summed E-state index contributed by atoms with van der Waals surface area (Å²) in [5, 5.41) is 24.4. The van der Waals surface area contributed by atoms with Crippen LogP contribution in [0.1, 0.15) is 18.4 Å². The first-order valence-electron chi connectivity index (χ1n) is 6.31. The zero-order valence-corrected chi connectivity index (χ0v) is 10.9. The fraction of sp³-hybridized carbons (Fsp3) is 0.538. The molecule has 1 heterocycles. The van der Waals surface area contributed by atoms with Crippen molar-refractivity contribution < 1.29 is 14.8 Å². The summed E-state index contributed by atoms with van der Waals surface area (Å²) in [4.78, 5) is 10.4. The van der Waals surface area contributed by atoms with Crippen LogP contribution >= 0.6 is 0 Å². The first-order chi connectivity index (χ1) is 9.00. The molecular weight excluding hydrogens is 248 g/mol. The quantitative estimate of drug-likeness (QED) is 0.635. The Morgan fingerprint density at radius 2 is 2.16 bits per heavy atom. The van der Waals surface area contributed by atoms with E-state index in [1.807, 2.05) is 6.92 Å². The minimum Gasteiger partial charge on any atom is -0.484 e. The van der Waals surface area contributed by atoms with Crippen molar-refractivity contribution in [2.45, 2.75) is 25.4 Å². The summed E-state index contributed by atoms with van der Waals surface area (Å²) in [6.07, 6.45) is 1.18. The summed E-state index contributed by atoms with van der Waals surface area (Å²) >= 11 is 0. The standard InChI is InChI=1S/C13H18N2O4/c1-10-2-3-11(15(17)18)12(8-10)19-9-13(16)4-6-14-7-5-13/h2-3,8,14,16H,4-7,9H2,1H3. The van der Waals surface area contributed by atoms with E-state index in [4.69, 9.17) is 4.74 Å². The maximum atomic E-state index is 10.9. The number of aliphatic hydroxyl groups is 1. The highest BCUT2D eigenvalue weighted by Crippen LogP contribution is 2.29. The molecule has 104 valence electrons. The smallest absolute Gasteiger partial charge is 0.310 e. The van der Waals surface area contributed by atoms with Crippen molar-refractivity contribution in [2.24, 2.45) is 0 Å². The van der Waals surface area contributed by atoms with E-state index in [1.165, 1.54) is 6.07 Å². The number of aryl methyl sites for hydroxylation is 1. The highest BCUT2D eigenvalue weighted by Gasteiger charge is 2.30. The van der Waals surface area contributed by atoms with Gasteiger partial charge in [0.15, 0.2) is 5.75 Å². The Kier molecular flexibility index (Phi) is 4.01. The first kappa shape index (κ1) is 13.8. The molecule has 1 fully saturated rings. The van der Waals surface area contributed by atoms with E-state index in [-0.39, 0.29) is 18.0 Å². The van der Waals surface area contributed by atoms with E-state index in [1.54, 1.807) is 12.1 Å². The van der Waals surface area contributed by atoms with Gasteiger partial charge in [0.05, 0.1) is 4.92 Å². The number of rotatable bonds is 4. The van der Waals surface area contributed by atoms with Crippen molar-refractivity contribution in [2.75, 3.05) is 19.7 Å². The lowest BCUT2D eigenvalue weighted by atomic mass is 9.93. The molecule has 0 bridgehead atoms. The minimum atomic E-state index is -0.900. The monoisotopic (exact) mass is 266 g/mol. The Hall–Kier alpha value is -1.66. The Labute approximate surface area is 111 Å². The number of nitrogens with zero attached hydrogens (tertiary/aromatic N) is 1. The molecule has 1 aliphatic heterocycles. The van der Waals surface area contributed by atoms with Crippen LogP contribution < -0.4 is 10.1 Å². The van der Waals surface area contributed by atoms with E-state index in [0.29, 0.717) is 12.8 Å². The van der Waals surface area contributed by atoms with Crippen LogP contribution in [-0.4, -0.2) is 35.3 Å². The van der Waals surface area contributed by atoms with Crippen LogP contribution in [0.25, 0.3) is 0 Å². The van der Waals surface area contributed by atoms with Gasteiger partial charge in [0.2, 0.25) is 0 Å². The van der Waals surface area contributed by atoms with Crippen molar-refractivity contribution in [3.05, 3.63) is 33.9 Å².